The van der Waals surface area contributed by atoms with E-state index in [0.29, 0.717) is 26.2 Å². The molecular formula is C29H24IN3O9. The van der Waals surface area contributed by atoms with E-state index >= 15 is 0 Å². The van der Waals surface area contributed by atoms with Gasteiger partial charge in [-0.2, -0.15) is 0 Å². The summed E-state index contributed by atoms with van der Waals surface area (Å²) < 4.78 is 17.2. The number of hydrogen-bond acceptors (Lipinski definition) is 9. The molecule has 0 unspecified atom stereocenters. The zero-order chi connectivity index (χ0) is 30.4. The molecule has 4 amide bonds. The fraction of sp³-hybridized carbons (Fsp3) is 0.172. The number of nitro benzene ring substituents is 1. The van der Waals surface area contributed by atoms with Gasteiger partial charge < -0.3 is 14.2 Å². The molecule has 0 bridgehead atoms. The second kappa shape index (κ2) is 13.2. The number of imide groups is 2. The van der Waals surface area contributed by atoms with Gasteiger partial charge in [-0.3, -0.25) is 25.0 Å². The summed E-state index contributed by atoms with van der Waals surface area (Å²) in [6.45, 7) is 3.96. The number of barbiturate groups is 1. The summed E-state index contributed by atoms with van der Waals surface area (Å²) in [5.41, 5.74) is 1.04. The van der Waals surface area contributed by atoms with Crippen LogP contribution >= 0.6 is 22.6 Å². The predicted octanol–water partition coefficient (Wildman–Crippen LogP) is 5.02. The summed E-state index contributed by atoms with van der Waals surface area (Å²) in [6, 6.07) is 14.0. The Morgan fingerprint density at radius 3 is 2.43 bits per heavy atom. The summed E-state index contributed by atoms with van der Waals surface area (Å²) in [6.07, 6.45) is 1.33. The van der Waals surface area contributed by atoms with Crippen LogP contribution in [0.25, 0.3) is 6.08 Å². The number of carbonyl (C=O) groups is 4. The lowest BCUT2D eigenvalue weighted by atomic mass is 10.1. The largest absolute Gasteiger partial charge is 0.490 e. The number of carbonyl (C=O) groups excluding carboxylic acids is 4. The predicted molar refractivity (Wildman–Crippen MR) is 159 cm³/mol. The van der Waals surface area contributed by atoms with Crippen LogP contribution in [0.4, 0.5) is 16.2 Å². The number of nitro groups is 1. The fourth-order valence-electron chi connectivity index (χ4n) is 4.01. The van der Waals surface area contributed by atoms with Crippen molar-refractivity contribution < 1.29 is 38.3 Å². The van der Waals surface area contributed by atoms with E-state index in [1.807, 2.05) is 22.6 Å². The maximum absolute atomic E-state index is 13.3. The van der Waals surface area contributed by atoms with Crippen LogP contribution < -0.4 is 19.7 Å². The van der Waals surface area contributed by atoms with Gasteiger partial charge in [0.15, 0.2) is 11.5 Å². The molecule has 1 aliphatic rings. The smallest absolute Gasteiger partial charge is 0.338 e. The highest BCUT2D eigenvalue weighted by Crippen LogP contribution is 2.36. The Hall–Kier alpha value is -4.79. The Kier molecular flexibility index (Phi) is 9.52. The first-order chi connectivity index (χ1) is 20.1. The van der Waals surface area contributed by atoms with E-state index in [1.54, 1.807) is 38.1 Å². The molecule has 0 saturated carbocycles. The van der Waals surface area contributed by atoms with Crippen LogP contribution in [0, 0.1) is 13.7 Å². The summed E-state index contributed by atoms with van der Waals surface area (Å²) in [5, 5.41) is 13.3. The molecule has 1 fully saturated rings. The molecule has 0 aromatic heterocycles. The molecule has 1 saturated heterocycles. The molecule has 0 atom stereocenters. The highest BCUT2D eigenvalue weighted by atomic mass is 127. The quantitative estimate of drug-likeness (QED) is 0.0774. The van der Waals surface area contributed by atoms with Gasteiger partial charge in [-0.05, 0) is 90.0 Å². The SMILES string of the molecule is CCOC(=O)c1ccc(N2C(=O)NC(=O)/C(=C\c3cc(I)c(OCc4cccc([N+](=O)[O-])c4)c(OCC)c3)C2=O)cc1. The number of rotatable bonds is 10. The number of esters is 1. The molecule has 216 valence electrons. The highest BCUT2D eigenvalue weighted by Gasteiger charge is 2.37. The van der Waals surface area contributed by atoms with Crippen molar-refractivity contribution in [3.63, 3.8) is 0 Å². The standard InChI is InChI=1S/C29H24IN3O9/c1-3-40-24-15-18(14-23(30)25(24)42-16-17-6-5-7-21(12-17)33(38)39)13-22-26(34)31-29(37)32(27(22)35)20-10-8-19(9-11-20)28(36)41-4-2/h5-15H,3-4,16H2,1-2H3,(H,31,34,37)/b22-13+. The molecule has 1 heterocycles. The topological polar surface area (TPSA) is 154 Å². The van der Waals surface area contributed by atoms with Crippen molar-refractivity contribution in [2.45, 2.75) is 20.5 Å². The first-order valence-corrected chi connectivity index (χ1v) is 13.7. The number of hydrogen-bond donors (Lipinski definition) is 1. The number of benzene rings is 3. The van der Waals surface area contributed by atoms with Gasteiger partial charge in [-0.15, -0.1) is 0 Å². The molecule has 0 spiro atoms. The van der Waals surface area contributed by atoms with Crippen LogP contribution in [0.15, 0.2) is 66.2 Å². The van der Waals surface area contributed by atoms with Crippen LogP contribution in [0.1, 0.15) is 35.3 Å². The summed E-state index contributed by atoms with van der Waals surface area (Å²) in [4.78, 5) is 62.0. The molecular weight excluding hydrogens is 661 g/mol. The van der Waals surface area contributed by atoms with Crippen molar-refractivity contribution in [1.82, 2.24) is 5.32 Å². The fourth-order valence-corrected chi connectivity index (χ4v) is 4.79. The molecule has 4 rings (SSSR count). The Labute approximate surface area is 253 Å². The van der Waals surface area contributed by atoms with Gasteiger partial charge in [0, 0.05) is 12.1 Å². The highest BCUT2D eigenvalue weighted by molar-refractivity contribution is 14.1. The van der Waals surface area contributed by atoms with Crippen molar-refractivity contribution in [2.75, 3.05) is 18.1 Å². The van der Waals surface area contributed by atoms with Gasteiger partial charge in [0.1, 0.15) is 12.2 Å². The van der Waals surface area contributed by atoms with E-state index in [0.717, 1.165) is 4.90 Å². The van der Waals surface area contributed by atoms with Gasteiger partial charge >= 0.3 is 12.0 Å². The Morgan fingerprint density at radius 2 is 1.76 bits per heavy atom. The molecule has 13 heteroatoms. The lowest BCUT2D eigenvalue weighted by Crippen LogP contribution is -2.54. The Bertz CT molecular complexity index is 1600. The van der Waals surface area contributed by atoms with E-state index < -0.39 is 28.7 Å². The third kappa shape index (κ3) is 6.74. The number of amides is 4. The Balaban J connectivity index is 1.62. The van der Waals surface area contributed by atoms with E-state index in [1.165, 1.54) is 42.5 Å². The minimum absolute atomic E-state index is 0.0328. The zero-order valence-corrected chi connectivity index (χ0v) is 24.6. The van der Waals surface area contributed by atoms with E-state index in [4.69, 9.17) is 14.2 Å². The minimum atomic E-state index is -0.930. The van der Waals surface area contributed by atoms with Crippen LogP contribution in [-0.2, 0) is 20.9 Å². The number of ether oxygens (including phenoxy) is 3. The number of nitrogens with one attached hydrogen (secondary N) is 1. The zero-order valence-electron chi connectivity index (χ0n) is 22.4. The second-order valence-corrected chi connectivity index (χ2v) is 9.87. The van der Waals surface area contributed by atoms with Gasteiger partial charge in [0.25, 0.3) is 17.5 Å². The first-order valence-electron chi connectivity index (χ1n) is 12.6. The average molecular weight is 685 g/mol. The van der Waals surface area contributed by atoms with Crippen LogP contribution in [-0.4, -0.2) is 42.0 Å². The van der Waals surface area contributed by atoms with Crippen LogP contribution in [0.5, 0.6) is 11.5 Å². The van der Waals surface area contributed by atoms with Crippen molar-refractivity contribution >= 4 is 63.9 Å². The molecule has 42 heavy (non-hydrogen) atoms. The van der Waals surface area contributed by atoms with E-state index in [-0.39, 0.29) is 42.3 Å². The third-order valence-electron chi connectivity index (χ3n) is 5.89. The number of non-ortho nitro benzene ring substituents is 1. The molecule has 12 nitrogen and oxygen atoms in total. The minimum Gasteiger partial charge on any atom is -0.490 e. The van der Waals surface area contributed by atoms with E-state index in [2.05, 4.69) is 5.32 Å². The second-order valence-electron chi connectivity index (χ2n) is 8.70. The number of anilines is 1. The molecule has 3 aromatic carbocycles. The van der Waals surface area contributed by atoms with Crippen molar-refractivity contribution in [2.24, 2.45) is 0 Å². The van der Waals surface area contributed by atoms with Crippen LogP contribution in [0.3, 0.4) is 0 Å². The maximum Gasteiger partial charge on any atom is 0.338 e. The average Bonchev–Trinajstić information content (AvgIpc) is 2.95. The molecule has 3 aromatic rings. The van der Waals surface area contributed by atoms with Crippen molar-refractivity contribution in [3.8, 4) is 11.5 Å². The van der Waals surface area contributed by atoms with Gasteiger partial charge in [-0.1, -0.05) is 12.1 Å². The van der Waals surface area contributed by atoms with Gasteiger partial charge in [-0.25, -0.2) is 14.5 Å². The van der Waals surface area contributed by atoms with Crippen LogP contribution in [0.2, 0.25) is 0 Å². The first kappa shape index (κ1) is 30.2. The summed E-state index contributed by atoms with van der Waals surface area (Å²) in [5.74, 6) is -1.57. The summed E-state index contributed by atoms with van der Waals surface area (Å²) in [7, 11) is 0. The van der Waals surface area contributed by atoms with E-state index in [9.17, 15) is 29.3 Å². The monoisotopic (exact) mass is 685 g/mol. The number of urea groups is 1. The number of nitrogens with zero attached hydrogens (tertiary/aromatic N) is 2. The molecule has 0 aliphatic carbocycles. The summed E-state index contributed by atoms with van der Waals surface area (Å²) >= 11 is 2.02. The van der Waals surface area contributed by atoms with Gasteiger partial charge in [0.05, 0.1) is 33.0 Å². The molecule has 1 aliphatic heterocycles. The lowest BCUT2D eigenvalue weighted by Gasteiger charge is -2.26. The number of halogens is 1. The third-order valence-corrected chi connectivity index (χ3v) is 6.69. The lowest BCUT2D eigenvalue weighted by molar-refractivity contribution is -0.384. The van der Waals surface area contributed by atoms with Crippen molar-refractivity contribution in [3.05, 3.63) is 96.6 Å². The normalized spacial score (nSPS) is 14.0. The van der Waals surface area contributed by atoms with Crippen molar-refractivity contribution in [1.29, 1.82) is 0 Å². The van der Waals surface area contributed by atoms with Gasteiger partial charge in [0.2, 0.25) is 0 Å². The Morgan fingerprint density at radius 1 is 1.02 bits per heavy atom. The maximum atomic E-state index is 13.3. The molecule has 0 radical (unpaired) electrons. The molecule has 1 N–H and O–H groups in total.